The van der Waals surface area contributed by atoms with Crippen molar-refractivity contribution in [2.45, 2.75) is 63.9 Å². The highest BCUT2D eigenvalue weighted by Gasteiger charge is 2.58. The highest BCUT2D eigenvalue weighted by atomic mass is 31.2. The maximum Gasteiger partial charge on any atom is 0.459 e. The molecule has 0 amide bonds. The highest BCUT2D eigenvalue weighted by Crippen LogP contribution is 2.48. The summed E-state index contributed by atoms with van der Waals surface area (Å²) < 4.78 is 53.6. The maximum atomic E-state index is 16.4. The molecular formula is C26H31FN5O8P. The van der Waals surface area contributed by atoms with Gasteiger partial charge in [-0.25, -0.2) is 8.96 Å². The first-order valence-electron chi connectivity index (χ1n) is 12.7. The van der Waals surface area contributed by atoms with E-state index in [-0.39, 0.29) is 22.7 Å². The van der Waals surface area contributed by atoms with E-state index in [9.17, 15) is 19.3 Å². The average Bonchev–Trinajstić information content (AvgIpc) is 3.42. The van der Waals surface area contributed by atoms with Crippen molar-refractivity contribution in [3.8, 4) is 17.6 Å². The van der Waals surface area contributed by atoms with E-state index in [1.807, 2.05) is 0 Å². The SMILES string of the molecule is CC#C[C@@]1(F)[C@@H](O)[C@@H](COP(=O)(N[C@@H](C)C(=O)OC(C)C)Oc2ccccc2)O[C@H]1n1ccc2c(=O)[nH]c(N)nc21. The number of ether oxygens (including phenoxy) is 2. The molecule has 1 aromatic carbocycles. The standard InChI is InChI=1S/C26H31FN5O8P/c1-5-12-26(27)20(33)19(39-24(26)32-13-11-18-21(32)29-25(28)30-22(18)34)14-37-41(36,40-17-9-7-6-8-10-17)31-16(4)23(35)38-15(2)3/h6-11,13,15-16,19-20,24,33H,14H2,1-4H3,(H,31,36)(H3,28,29,30,34)/t16-,19+,20-,24+,26+,41?/m0/s1. The Kier molecular flexibility index (Phi) is 8.86. The first-order chi connectivity index (χ1) is 19.4. The summed E-state index contributed by atoms with van der Waals surface area (Å²) in [5.74, 6) is 4.03. The fourth-order valence-electron chi connectivity index (χ4n) is 4.24. The molecule has 0 aliphatic carbocycles. The van der Waals surface area contributed by atoms with Crippen molar-refractivity contribution < 1.29 is 37.4 Å². The average molecular weight is 592 g/mol. The third-order valence-electron chi connectivity index (χ3n) is 6.05. The Labute approximate surface area is 234 Å². The van der Waals surface area contributed by atoms with Gasteiger partial charge in [0.25, 0.3) is 5.56 Å². The second-order valence-corrected chi connectivity index (χ2v) is 11.3. The Morgan fingerprint density at radius 2 is 2.05 bits per heavy atom. The molecule has 220 valence electrons. The van der Waals surface area contributed by atoms with Gasteiger partial charge in [0.05, 0.1) is 18.1 Å². The number of hydrogen-bond acceptors (Lipinski definition) is 10. The van der Waals surface area contributed by atoms with E-state index in [0.717, 1.165) is 0 Å². The summed E-state index contributed by atoms with van der Waals surface area (Å²) in [5, 5.41) is 13.6. The zero-order valence-corrected chi connectivity index (χ0v) is 23.6. The van der Waals surface area contributed by atoms with Crippen LogP contribution in [-0.4, -0.2) is 62.2 Å². The summed E-state index contributed by atoms with van der Waals surface area (Å²) in [4.78, 5) is 31.1. The summed E-state index contributed by atoms with van der Waals surface area (Å²) in [6.07, 6.45) is -3.98. The number of halogens is 1. The Bertz CT molecular complexity index is 1570. The molecule has 13 nitrogen and oxygen atoms in total. The summed E-state index contributed by atoms with van der Waals surface area (Å²) in [6.45, 7) is 5.47. The molecule has 1 unspecified atom stereocenters. The van der Waals surface area contributed by atoms with Gasteiger partial charge < -0.3 is 29.4 Å². The number of nitrogens with one attached hydrogen (secondary N) is 2. The van der Waals surface area contributed by atoms with Crippen LogP contribution in [0.2, 0.25) is 0 Å². The van der Waals surface area contributed by atoms with E-state index in [1.54, 1.807) is 32.0 Å². The van der Waals surface area contributed by atoms with Gasteiger partial charge in [-0.2, -0.15) is 10.1 Å². The van der Waals surface area contributed by atoms with Gasteiger partial charge in [-0.05, 0) is 45.9 Å². The van der Waals surface area contributed by atoms with Crippen molar-refractivity contribution in [3.63, 3.8) is 0 Å². The summed E-state index contributed by atoms with van der Waals surface area (Å²) in [5.41, 5.74) is 2.44. The Morgan fingerprint density at radius 1 is 1.34 bits per heavy atom. The zero-order valence-electron chi connectivity index (χ0n) is 22.7. The number of carbonyl (C=O) groups excluding carboxylic acids is 1. The van der Waals surface area contributed by atoms with Crippen LogP contribution in [0.15, 0.2) is 47.4 Å². The number of nitrogen functional groups attached to an aromatic ring is 1. The lowest BCUT2D eigenvalue weighted by atomic mass is 9.96. The van der Waals surface area contributed by atoms with Crippen LogP contribution < -0.4 is 20.9 Å². The molecule has 1 aliphatic rings. The Hall–Kier alpha value is -3.73. The number of H-pyrrole nitrogens is 1. The van der Waals surface area contributed by atoms with Crippen molar-refractivity contribution in [3.05, 3.63) is 52.9 Å². The van der Waals surface area contributed by atoms with Crippen LogP contribution >= 0.6 is 7.75 Å². The number of aliphatic hydroxyl groups excluding tert-OH is 1. The molecule has 5 N–H and O–H groups in total. The smallest absolute Gasteiger partial charge is 0.459 e. The number of nitrogens with two attached hydrogens (primary N) is 1. The third kappa shape index (κ3) is 6.45. The minimum Gasteiger partial charge on any atom is -0.462 e. The number of aromatic amines is 1. The number of nitrogens with zero attached hydrogens (tertiary/aromatic N) is 2. The van der Waals surface area contributed by atoms with Crippen LogP contribution in [0.25, 0.3) is 11.0 Å². The molecule has 0 bridgehead atoms. The maximum absolute atomic E-state index is 16.4. The molecule has 0 spiro atoms. The van der Waals surface area contributed by atoms with Crippen molar-refractivity contribution in [1.82, 2.24) is 19.6 Å². The number of anilines is 1. The lowest BCUT2D eigenvalue weighted by molar-refractivity contribution is -0.149. The van der Waals surface area contributed by atoms with Crippen molar-refractivity contribution in [1.29, 1.82) is 0 Å². The quantitative estimate of drug-likeness (QED) is 0.155. The Morgan fingerprint density at radius 3 is 2.71 bits per heavy atom. The molecule has 0 radical (unpaired) electrons. The van der Waals surface area contributed by atoms with Crippen LogP contribution in [-0.2, 0) is 23.4 Å². The third-order valence-corrected chi connectivity index (χ3v) is 7.69. The van der Waals surface area contributed by atoms with Crippen molar-refractivity contribution >= 4 is 30.7 Å². The first kappa shape index (κ1) is 30.2. The molecule has 3 aromatic rings. The number of para-hydroxylation sites is 1. The van der Waals surface area contributed by atoms with Crippen molar-refractivity contribution in [2.75, 3.05) is 12.3 Å². The number of esters is 1. The minimum absolute atomic E-state index is 0.00202. The normalized spacial score (nSPS) is 24.4. The van der Waals surface area contributed by atoms with E-state index >= 15 is 4.39 Å². The second-order valence-electron chi connectivity index (χ2n) is 9.56. The molecule has 1 aliphatic heterocycles. The van der Waals surface area contributed by atoms with E-state index in [1.165, 1.54) is 42.8 Å². The van der Waals surface area contributed by atoms with E-state index in [2.05, 4.69) is 26.9 Å². The van der Waals surface area contributed by atoms with Gasteiger partial charge >= 0.3 is 13.7 Å². The first-order valence-corrected chi connectivity index (χ1v) is 14.2. The molecule has 2 aromatic heterocycles. The fourth-order valence-corrected chi connectivity index (χ4v) is 5.74. The van der Waals surface area contributed by atoms with Crippen LogP contribution in [0.4, 0.5) is 10.3 Å². The lowest BCUT2D eigenvalue weighted by Crippen LogP contribution is -2.42. The van der Waals surface area contributed by atoms with Crippen LogP contribution in [0, 0.1) is 11.8 Å². The van der Waals surface area contributed by atoms with Gasteiger partial charge in [-0.15, -0.1) is 5.92 Å². The molecular weight excluding hydrogens is 560 g/mol. The number of benzene rings is 1. The zero-order chi connectivity index (χ0) is 29.9. The summed E-state index contributed by atoms with van der Waals surface area (Å²) in [7, 11) is -4.34. The van der Waals surface area contributed by atoms with Gasteiger partial charge in [-0.3, -0.25) is 19.1 Å². The monoisotopic (exact) mass is 591 g/mol. The summed E-state index contributed by atoms with van der Waals surface area (Å²) >= 11 is 0. The molecule has 0 saturated carbocycles. The number of alkyl halides is 1. The predicted molar refractivity (Wildman–Crippen MR) is 146 cm³/mol. The molecule has 1 fully saturated rings. The van der Waals surface area contributed by atoms with E-state index in [4.69, 9.17) is 24.3 Å². The molecule has 6 atom stereocenters. The minimum atomic E-state index is -4.34. The van der Waals surface area contributed by atoms with Gasteiger partial charge in [0.2, 0.25) is 11.6 Å². The number of rotatable bonds is 10. The largest absolute Gasteiger partial charge is 0.462 e. The van der Waals surface area contributed by atoms with Gasteiger partial charge in [0, 0.05) is 6.20 Å². The molecule has 41 heavy (non-hydrogen) atoms. The Balaban J connectivity index is 1.62. The van der Waals surface area contributed by atoms with Gasteiger partial charge in [0.1, 0.15) is 24.0 Å². The van der Waals surface area contributed by atoms with Crippen LogP contribution in [0.5, 0.6) is 5.75 Å². The van der Waals surface area contributed by atoms with Crippen molar-refractivity contribution in [2.24, 2.45) is 0 Å². The van der Waals surface area contributed by atoms with Gasteiger partial charge in [-0.1, -0.05) is 24.1 Å². The predicted octanol–water partition coefficient (Wildman–Crippen LogP) is 2.43. The number of fused-ring (bicyclic) bond motifs is 1. The topological polar surface area (TPSA) is 180 Å². The number of hydrogen-bond donors (Lipinski definition) is 4. The van der Waals surface area contributed by atoms with E-state index in [0.29, 0.717) is 0 Å². The number of carbonyl (C=O) groups is 1. The number of aromatic nitrogens is 3. The molecule has 15 heteroatoms. The van der Waals surface area contributed by atoms with Crippen LogP contribution in [0.3, 0.4) is 0 Å². The fraction of sp³-hybridized carbons (Fsp3) is 0.423. The summed E-state index contributed by atoms with van der Waals surface area (Å²) in [6, 6.07) is 8.30. The second kappa shape index (κ2) is 12.0. The lowest BCUT2D eigenvalue weighted by Gasteiger charge is -2.25. The van der Waals surface area contributed by atoms with Crippen LogP contribution in [0.1, 0.15) is 33.9 Å². The van der Waals surface area contributed by atoms with Gasteiger partial charge in [0.15, 0.2) is 11.9 Å². The molecule has 3 heterocycles. The highest BCUT2D eigenvalue weighted by molar-refractivity contribution is 7.52. The van der Waals surface area contributed by atoms with E-state index < -0.39 is 62.1 Å². The number of aliphatic hydroxyl groups is 1. The molecule has 4 rings (SSSR count). The molecule has 1 saturated heterocycles.